The molecule has 4 nitrogen and oxygen atoms in total. The van der Waals surface area contributed by atoms with Gasteiger partial charge in [0.15, 0.2) is 0 Å². The number of nitrogens with zero attached hydrogens (tertiary/aromatic N) is 2. The number of halogens is 2. The van der Waals surface area contributed by atoms with Gasteiger partial charge in [-0.3, -0.25) is 0 Å². The fourth-order valence-electron chi connectivity index (χ4n) is 2.52. The van der Waals surface area contributed by atoms with Crippen LogP contribution in [0.4, 0.5) is 8.78 Å². The van der Waals surface area contributed by atoms with Crippen molar-refractivity contribution in [3.8, 4) is 0 Å². The molecule has 1 heterocycles. The molecule has 1 aromatic rings. The fraction of sp³-hybridized carbons (Fsp3) is 0.750. The number of alkyl halides is 2. The van der Waals surface area contributed by atoms with E-state index in [2.05, 4.69) is 4.98 Å². The molecular weight excluding hydrogens is 290 g/mol. The Bertz CT molecular complexity index is 462. The van der Waals surface area contributed by atoms with Gasteiger partial charge in [-0.25, -0.2) is 18.6 Å². The molecule has 0 aromatic carbocycles. The molecule has 0 bridgehead atoms. The van der Waals surface area contributed by atoms with Crippen LogP contribution in [-0.4, -0.2) is 28.0 Å². The first-order chi connectivity index (χ1) is 9.89. The second-order valence-corrected chi connectivity index (χ2v) is 5.03. The number of esters is 1. The van der Waals surface area contributed by atoms with E-state index in [1.807, 2.05) is 13.8 Å². The number of aromatic nitrogens is 2. The van der Waals surface area contributed by atoms with Crippen LogP contribution in [0.1, 0.15) is 59.6 Å². The minimum atomic E-state index is -2.69. The van der Waals surface area contributed by atoms with E-state index in [9.17, 15) is 13.6 Å². The molecule has 1 fully saturated rings. The van der Waals surface area contributed by atoms with Gasteiger partial charge < -0.3 is 9.30 Å². The summed E-state index contributed by atoms with van der Waals surface area (Å²) in [7, 11) is 0. The minimum Gasteiger partial charge on any atom is -0.464 e. The van der Waals surface area contributed by atoms with Crippen molar-refractivity contribution in [2.75, 3.05) is 6.61 Å². The van der Waals surface area contributed by atoms with Crippen molar-refractivity contribution in [3.63, 3.8) is 0 Å². The van der Waals surface area contributed by atoms with Crippen LogP contribution < -0.4 is 0 Å². The zero-order valence-corrected chi connectivity index (χ0v) is 13.2. The van der Waals surface area contributed by atoms with Gasteiger partial charge in [-0.15, -0.1) is 0 Å². The normalized spacial score (nSPS) is 18.5. The van der Waals surface area contributed by atoms with Crippen molar-refractivity contribution in [1.82, 2.24) is 9.55 Å². The summed E-state index contributed by atoms with van der Waals surface area (Å²) >= 11 is 0. The molecule has 0 atom stereocenters. The molecule has 1 saturated carbocycles. The second-order valence-electron chi connectivity index (χ2n) is 5.03. The van der Waals surface area contributed by atoms with E-state index < -0.39 is 17.4 Å². The molecule has 1 aliphatic carbocycles. The molecule has 2 rings (SSSR count). The molecule has 22 heavy (non-hydrogen) atoms. The topological polar surface area (TPSA) is 44.1 Å². The van der Waals surface area contributed by atoms with E-state index in [1.54, 1.807) is 24.6 Å². The zero-order chi connectivity index (χ0) is 16.1. The highest BCUT2D eigenvalue weighted by Crippen LogP contribution is 2.43. The lowest BCUT2D eigenvalue weighted by Gasteiger charge is -2.38. The Morgan fingerprint density at radius 1 is 1.32 bits per heavy atom. The van der Waals surface area contributed by atoms with Gasteiger partial charge in [-0.1, -0.05) is 21.3 Å². The van der Waals surface area contributed by atoms with Gasteiger partial charge in [-0.2, -0.15) is 0 Å². The summed E-state index contributed by atoms with van der Waals surface area (Å²) in [6.07, 6.45) is 2.78. The monoisotopic (exact) mass is 318 g/mol. The molecule has 128 valence electrons. The summed E-state index contributed by atoms with van der Waals surface area (Å²) in [5, 5.41) is 0. The summed E-state index contributed by atoms with van der Waals surface area (Å²) in [6.45, 7) is 7.75. The van der Waals surface area contributed by atoms with Crippen molar-refractivity contribution < 1.29 is 18.3 Å². The minimum absolute atomic E-state index is 0. The van der Waals surface area contributed by atoms with Gasteiger partial charge in [0, 0.05) is 19.0 Å². The van der Waals surface area contributed by atoms with Crippen molar-refractivity contribution in [2.24, 2.45) is 0 Å². The van der Waals surface area contributed by atoms with Crippen LogP contribution in [0.15, 0.2) is 12.5 Å². The Morgan fingerprint density at radius 2 is 1.86 bits per heavy atom. The first kappa shape index (κ1) is 20.5. The highest BCUT2D eigenvalue weighted by molar-refractivity contribution is 5.79. The second kappa shape index (κ2) is 8.25. The maximum Gasteiger partial charge on any atom is 0.332 e. The molecule has 1 aliphatic rings. The smallest absolute Gasteiger partial charge is 0.332 e. The van der Waals surface area contributed by atoms with Crippen LogP contribution >= 0.6 is 0 Å². The molecule has 0 radical (unpaired) electrons. The van der Waals surface area contributed by atoms with Crippen LogP contribution in [0, 0.1) is 6.92 Å². The highest BCUT2D eigenvalue weighted by atomic mass is 19.3. The summed E-state index contributed by atoms with van der Waals surface area (Å²) in [6, 6.07) is 0. The molecule has 0 aliphatic heterocycles. The lowest BCUT2D eigenvalue weighted by atomic mass is 9.79. The lowest BCUT2D eigenvalue weighted by Crippen LogP contribution is -2.47. The molecular formula is C16H28F2N2O2. The zero-order valence-electron chi connectivity index (χ0n) is 13.2. The van der Waals surface area contributed by atoms with Crippen LogP contribution in [-0.2, 0) is 15.1 Å². The Hall–Kier alpha value is -1.46. The molecule has 0 unspecified atom stereocenters. The van der Waals surface area contributed by atoms with Crippen molar-refractivity contribution >= 4 is 5.97 Å². The maximum atomic E-state index is 13.3. The summed E-state index contributed by atoms with van der Waals surface area (Å²) in [5.41, 5.74) is -0.278. The third-order valence-corrected chi connectivity index (χ3v) is 3.67. The molecule has 0 spiro atoms. The summed E-state index contributed by atoms with van der Waals surface area (Å²) < 4.78 is 33.4. The van der Waals surface area contributed by atoms with Crippen LogP contribution in [0.2, 0.25) is 0 Å². The number of aryl methyl sites for hydroxylation is 1. The van der Waals surface area contributed by atoms with Gasteiger partial charge in [0.1, 0.15) is 5.54 Å². The predicted molar refractivity (Wildman–Crippen MR) is 83.1 cm³/mol. The number of rotatable bonds is 3. The van der Waals surface area contributed by atoms with E-state index in [1.165, 1.54) is 6.33 Å². The lowest BCUT2D eigenvalue weighted by molar-refractivity contribution is -0.161. The molecule has 0 N–H and O–H groups in total. The average molecular weight is 318 g/mol. The van der Waals surface area contributed by atoms with E-state index in [4.69, 9.17) is 4.74 Å². The Labute approximate surface area is 131 Å². The number of hydrogen-bond acceptors (Lipinski definition) is 3. The Kier molecular flexibility index (Phi) is 7.70. The maximum absolute atomic E-state index is 13.3. The van der Waals surface area contributed by atoms with E-state index in [0.29, 0.717) is 0 Å². The van der Waals surface area contributed by atoms with Crippen molar-refractivity contribution in [1.29, 1.82) is 0 Å². The number of carbonyl (C=O) groups excluding carboxylic acids is 1. The highest BCUT2D eigenvalue weighted by Gasteiger charge is 2.50. The van der Waals surface area contributed by atoms with E-state index in [0.717, 1.165) is 5.69 Å². The first-order valence-electron chi connectivity index (χ1n) is 7.46. The number of hydrogen-bond donors (Lipinski definition) is 0. The van der Waals surface area contributed by atoms with Crippen LogP contribution in [0.5, 0.6) is 0 Å². The van der Waals surface area contributed by atoms with Crippen LogP contribution in [0.3, 0.4) is 0 Å². The molecule has 0 amide bonds. The van der Waals surface area contributed by atoms with Crippen molar-refractivity contribution in [2.45, 2.75) is 72.3 Å². The SMILES string of the molecule is C.CC.CCOC(=O)C1(n2cnc(C)c2)CCC(F)(F)CC1. The largest absolute Gasteiger partial charge is 0.464 e. The van der Waals surface area contributed by atoms with Gasteiger partial charge in [0.25, 0.3) is 0 Å². The number of carbonyl (C=O) groups is 1. The van der Waals surface area contributed by atoms with Gasteiger partial charge in [0.2, 0.25) is 5.92 Å². The fourth-order valence-corrected chi connectivity index (χ4v) is 2.52. The quantitative estimate of drug-likeness (QED) is 0.780. The van der Waals surface area contributed by atoms with E-state index in [-0.39, 0.29) is 39.7 Å². The third kappa shape index (κ3) is 4.27. The van der Waals surface area contributed by atoms with Crippen molar-refractivity contribution in [3.05, 3.63) is 18.2 Å². The molecule has 0 saturated heterocycles. The Morgan fingerprint density at radius 3 is 2.27 bits per heavy atom. The number of ether oxygens (including phenoxy) is 1. The molecule has 6 heteroatoms. The number of imidazole rings is 1. The summed E-state index contributed by atoms with van der Waals surface area (Å²) in [4.78, 5) is 16.3. The standard InChI is InChI=1S/C13H18F2N2O2.C2H6.CH4/c1-3-19-11(18)12(17-8-10(2)16-9-17)4-6-13(14,15)7-5-12;1-2;/h8-9H,3-7H2,1-2H3;1-2H3;1H4. The predicted octanol–water partition coefficient (Wildman–Crippen LogP) is 4.32. The van der Waals surface area contributed by atoms with Gasteiger partial charge in [0.05, 0.1) is 18.6 Å². The summed E-state index contributed by atoms with van der Waals surface area (Å²) in [5.74, 6) is -3.13. The van der Waals surface area contributed by atoms with Crippen LogP contribution in [0.25, 0.3) is 0 Å². The molecule has 1 aromatic heterocycles. The Balaban J connectivity index is 0.00000141. The van der Waals surface area contributed by atoms with E-state index >= 15 is 0 Å². The average Bonchev–Trinajstić information content (AvgIpc) is 2.89. The van der Waals surface area contributed by atoms with Gasteiger partial charge >= 0.3 is 5.97 Å². The van der Waals surface area contributed by atoms with Gasteiger partial charge in [-0.05, 0) is 26.7 Å². The first-order valence-corrected chi connectivity index (χ1v) is 7.46. The third-order valence-electron chi connectivity index (χ3n) is 3.67.